The lowest BCUT2D eigenvalue weighted by molar-refractivity contribution is -0.207. The SMILES string of the molecule is CCCC1COCCN1OC. The van der Waals surface area contributed by atoms with Crippen LogP contribution in [0.15, 0.2) is 0 Å². The third-order valence-electron chi connectivity index (χ3n) is 2.03. The Bertz CT molecular complexity index is 106. The van der Waals surface area contributed by atoms with Gasteiger partial charge in [0.05, 0.1) is 26.4 Å². The van der Waals surface area contributed by atoms with E-state index in [1.807, 2.05) is 5.06 Å². The smallest absolute Gasteiger partial charge is 0.0645 e. The van der Waals surface area contributed by atoms with Gasteiger partial charge >= 0.3 is 0 Å². The number of hydroxylamine groups is 2. The van der Waals surface area contributed by atoms with E-state index in [1.165, 1.54) is 6.42 Å². The van der Waals surface area contributed by atoms with E-state index in [0.717, 1.165) is 26.2 Å². The molecule has 0 saturated carbocycles. The van der Waals surface area contributed by atoms with Gasteiger partial charge in [0.25, 0.3) is 0 Å². The highest BCUT2D eigenvalue weighted by molar-refractivity contribution is 4.68. The summed E-state index contributed by atoms with van der Waals surface area (Å²) in [7, 11) is 1.73. The normalized spacial score (nSPS) is 27.3. The number of hydrogen-bond acceptors (Lipinski definition) is 3. The highest BCUT2D eigenvalue weighted by Gasteiger charge is 2.21. The Morgan fingerprint density at radius 2 is 2.45 bits per heavy atom. The van der Waals surface area contributed by atoms with E-state index < -0.39 is 0 Å². The molecule has 1 unspecified atom stereocenters. The zero-order valence-electron chi connectivity index (χ0n) is 7.38. The first-order chi connectivity index (χ1) is 5.38. The molecule has 1 atom stereocenters. The van der Waals surface area contributed by atoms with Crippen molar-refractivity contribution in [1.29, 1.82) is 0 Å². The van der Waals surface area contributed by atoms with Gasteiger partial charge in [-0.05, 0) is 6.42 Å². The van der Waals surface area contributed by atoms with Gasteiger partial charge in [-0.25, -0.2) is 0 Å². The fourth-order valence-corrected chi connectivity index (χ4v) is 1.44. The Morgan fingerprint density at radius 3 is 3.09 bits per heavy atom. The van der Waals surface area contributed by atoms with Gasteiger partial charge < -0.3 is 9.57 Å². The van der Waals surface area contributed by atoms with Crippen LogP contribution in [0.2, 0.25) is 0 Å². The second-order valence-corrected chi connectivity index (χ2v) is 2.84. The van der Waals surface area contributed by atoms with Gasteiger partial charge in [0.2, 0.25) is 0 Å². The van der Waals surface area contributed by atoms with Crippen molar-refractivity contribution in [2.45, 2.75) is 25.8 Å². The predicted octanol–water partition coefficient (Wildman–Crippen LogP) is 1.05. The van der Waals surface area contributed by atoms with E-state index in [-0.39, 0.29) is 0 Å². The van der Waals surface area contributed by atoms with Crippen molar-refractivity contribution in [1.82, 2.24) is 5.06 Å². The highest BCUT2D eigenvalue weighted by atomic mass is 16.7. The summed E-state index contributed by atoms with van der Waals surface area (Å²) < 4.78 is 5.35. The molecular weight excluding hydrogens is 142 g/mol. The largest absolute Gasteiger partial charge is 0.378 e. The van der Waals surface area contributed by atoms with Crippen molar-refractivity contribution in [2.24, 2.45) is 0 Å². The molecule has 0 amide bonds. The topological polar surface area (TPSA) is 21.7 Å². The molecule has 66 valence electrons. The van der Waals surface area contributed by atoms with Crippen LogP contribution < -0.4 is 0 Å². The zero-order valence-corrected chi connectivity index (χ0v) is 7.38. The third kappa shape index (κ3) is 2.43. The number of ether oxygens (including phenoxy) is 1. The van der Waals surface area contributed by atoms with E-state index in [1.54, 1.807) is 7.11 Å². The van der Waals surface area contributed by atoms with Gasteiger partial charge in [0.15, 0.2) is 0 Å². The second-order valence-electron chi connectivity index (χ2n) is 2.84. The average Bonchev–Trinajstić information content (AvgIpc) is 2.06. The summed E-state index contributed by atoms with van der Waals surface area (Å²) in [5.41, 5.74) is 0. The lowest BCUT2D eigenvalue weighted by Crippen LogP contribution is -2.44. The number of morpholine rings is 1. The van der Waals surface area contributed by atoms with Gasteiger partial charge in [-0.2, -0.15) is 5.06 Å². The van der Waals surface area contributed by atoms with Gasteiger partial charge in [0, 0.05) is 6.54 Å². The van der Waals surface area contributed by atoms with Crippen LogP contribution in [0.5, 0.6) is 0 Å². The summed E-state index contributed by atoms with van der Waals surface area (Å²) >= 11 is 0. The molecule has 0 aliphatic carbocycles. The summed E-state index contributed by atoms with van der Waals surface area (Å²) in [4.78, 5) is 5.21. The van der Waals surface area contributed by atoms with Crippen LogP contribution >= 0.6 is 0 Å². The van der Waals surface area contributed by atoms with Crippen molar-refractivity contribution >= 4 is 0 Å². The zero-order chi connectivity index (χ0) is 8.10. The summed E-state index contributed by atoms with van der Waals surface area (Å²) in [6, 6.07) is 0.471. The molecule has 1 aliphatic rings. The summed E-state index contributed by atoms with van der Waals surface area (Å²) in [6.45, 7) is 4.71. The second kappa shape index (κ2) is 4.70. The molecule has 1 saturated heterocycles. The van der Waals surface area contributed by atoms with Crippen LogP contribution in [0.25, 0.3) is 0 Å². The molecule has 11 heavy (non-hydrogen) atoms. The lowest BCUT2D eigenvalue weighted by Gasteiger charge is -2.33. The van der Waals surface area contributed by atoms with E-state index in [0.29, 0.717) is 6.04 Å². The van der Waals surface area contributed by atoms with E-state index in [4.69, 9.17) is 9.57 Å². The third-order valence-corrected chi connectivity index (χ3v) is 2.03. The minimum absolute atomic E-state index is 0.471. The van der Waals surface area contributed by atoms with Crippen LogP contribution in [0.1, 0.15) is 19.8 Å². The summed E-state index contributed by atoms with van der Waals surface area (Å²) in [5.74, 6) is 0. The first-order valence-electron chi connectivity index (χ1n) is 4.27. The highest BCUT2D eigenvalue weighted by Crippen LogP contribution is 2.11. The number of hydrogen-bond donors (Lipinski definition) is 0. The lowest BCUT2D eigenvalue weighted by atomic mass is 10.1. The quantitative estimate of drug-likeness (QED) is 0.614. The monoisotopic (exact) mass is 159 g/mol. The van der Waals surface area contributed by atoms with Gasteiger partial charge in [0.1, 0.15) is 0 Å². The molecule has 3 heteroatoms. The first-order valence-corrected chi connectivity index (χ1v) is 4.27. The average molecular weight is 159 g/mol. The molecule has 1 fully saturated rings. The molecule has 1 aliphatic heterocycles. The molecular formula is C8H17NO2. The number of rotatable bonds is 3. The van der Waals surface area contributed by atoms with Crippen LogP contribution in [0.3, 0.4) is 0 Å². The molecule has 0 N–H and O–H groups in total. The van der Waals surface area contributed by atoms with Gasteiger partial charge in [-0.15, -0.1) is 0 Å². The van der Waals surface area contributed by atoms with Crippen molar-refractivity contribution in [2.75, 3.05) is 26.9 Å². The Balaban J connectivity index is 2.31. The summed E-state index contributed by atoms with van der Waals surface area (Å²) in [6.07, 6.45) is 2.35. The fraction of sp³-hybridized carbons (Fsp3) is 1.00. The molecule has 3 nitrogen and oxygen atoms in total. The standard InChI is InChI=1S/C8H17NO2/c1-3-4-8-7-11-6-5-9(8)10-2/h8H,3-7H2,1-2H3. The van der Waals surface area contributed by atoms with E-state index >= 15 is 0 Å². The Morgan fingerprint density at radius 1 is 1.64 bits per heavy atom. The molecule has 1 heterocycles. The van der Waals surface area contributed by atoms with Crippen LogP contribution in [0.4, 0.5) is 0 Å². The molecule has 0 aromatic heterocycles. The van der Waals surface area contributed by atoms with Crippen molar-refractivity contribution < 1.29 is 9.57 Å². The van der Waals surface area contributed by atoms with Gasteiger partial charge in [-0.3, -0.25) is 0 Å². The molecule has 0 radical (unpaired) electrons. The maximum atomic E-state index is 5.35. The van der Waals surface area contributed by atoms with Crippen LogP contribution in [-0.4, -0.2) is 38.0 Å². The fourth-order valence-electron chi connectivity index (χ4n) is 1.44. The number of nitrogens with zero attached hydrogens (tertiary/aromatic N) is 1. The maximum Gasteiger partial charge on any atom is 0.0645 e. The molecule has 0 aromatic carbocycles. The van der Waals surface area contributed by atoms with E-state index in [9.17, 15) is 0 Å². The molecule has 0 aromatic rings. The van der Waals surface area contributed by atoms with Gasteiger partial charge in [-0.1, -0.05) is 13.3 Å². The summed E-state index contributed by atoms with van der Waals surface area (Å²) in [5, 5.41) is 2.02. The van der Waals surface area contributed by atoms with E-state index in [2.05, 4.69) is 6.92 Å². The predicted molar refractivity (Wildman–Crippen MR) is 43.2 cm³/mol. The molecule has 0 bridgehead atoms. The Kier molecular flexibility index (Phi) is 3.83. The van der Waals surface area contributed by atoms with Crippen LogP contribution in [0, 0.1) is 0 Å². The Labute approximate surface area is 68.2 Å². The van der Waals surface area contributed by atoms with Crippen molar-refractivity contribution in [3.05, 3.63) is 0 Å². The molecule has 1 rings (SSSR count). The molecule has 0 spiro atoms. The van der Waals surface area contributed by atoms with Crippen molar-refractivity contribution in [3.63, 3.8) is 0 Å². The van der Waals surface area contributed by atoms with Crippen LogP contribution in [-0.2, 0) is 9.57 Å². The first kappa shape index (κ1) is 8.97. The minimum Gasteiger partial charge on any atom is -0.378 e. The Hall–Kier alpha value is -0.120. The minimum atomic E-state index is 0.471. The van der Waals surface area contributed by atoms with Crippen molar-refractivity contribution in [3.8, 4) is 0 Å². The maximum absolute atomic E-state index is 5.35.